The molecule has 0 aliphatic heterocycles. The van der Waals surface area contributed by atoms with Crippen molar-refractivity contribution in [2.75, 3.05) is 0 Å². The molecule has 0 unspecified atom stereocenters. The minimum absolute atomic E-state index is 1.15. The van der Waals surface area contributed by atoms with Crippen LogP contribution in [0.25, 0.3) is 21.8 Å². The Morgan fingerprint density at radius 2 is 1.03 bits per heavy atom. The maximum Gasteiger partial charge on any atom is 0.0900 e. The monoisotopic (exact) mass is 436 g/mol. The number of para-hydroxylation sites is 2. The molecular weight excluding hydrogens is 404 g/mol. The van der Waals surface area contributed by atoms with E-state index in [2.05, 4.69) is 85.6 Å². The zero-order valence-electron chi connectivity index (χ0n) is 18.6. The first-order chi connectivity index (χ1) is 14.7. The van der Waals surface area contributed by atoms with E-state index >= 15 is 0 Å². The minimum atomic E-state index is 1.15. The molecule has 0 N–H and O–H groups in total. The summed E-state index contributed by atoms with van der Waals surface area (Å²) in [6, 6.07) is 17.7. The normalized spacial score (nSPS) is 11.7. The highest BCUT2D eigenvalue weighted by Crippen LogP contribution is 2.46. The number of nitrogens with zero attached hydrogens (tertiary/aromatic N) is 2. The lowest BCUT2D eigenvalue weighted by molar-refractivity contribution is 0.763. The summed E-state index contributed by atoms with van der Waals surface area (Å²) in [5, 5.41) is 5.64. The van der Waals surface area contributed by atoms with Crippen molar-refractivity contribution in [3.8, 4) is 0 Å². The van der Waals surface area contributed by atoms with Crippen molar-refractivity contribution in [2.24, 2.45) is 14.1 Å². The van der Waals surface area contributed by atoms with Crippen molar-refractivity contribution >= 4 is 43.4 Å². The summed E-state index contributed by atoms with van der Waals surface area (Å²) in [6.45, 7) is 4.56. The first kappa shape index (κ1) is 21.5. The predicted molar refractivity (Wildman–Crippen MR) is 135 cm³/mol. The summed E-state index contributed by atoms with van der Waals surface area (Å²) >= 11 is 0. The third-order valence-electron chi connectivity index (χ3n) is 6.07. The highest BCUT2D eigenvalue weighted by atomic mass is 33.1. The molecule has 0 amide bonds. The van der Waals surface area contributed by atoms with Gasteiger partial charge in [-0.2, -0.15) is 0 Å². The molecule has 0 saturated heterocycles. The van der Waals surface area contributed by atoms with E-state index in [0.717, 1.165) is 12.8 Å². The SMILES string of the molecule is CCCCc1c(SSc2c(CCCC)c3ccccc3n2C)n(C)c2ccccc12. The van der Waals surface area contributed by atoms with Gasteiger partial charge in [-0.15, -0.1) is 0 Å². The van der Waals surface area contributed by atoms with Crippen LogP contribution in [0.2, 0.25) is 0 Å². The molecule has 2 nitrogen and oxygen atoms in total. The van der Waals surface area contributed by atoms with Gasteiger partial charge in [-0.05, 0) is 70.5 Å². The molecule has 0 spiro atoms. The summed E-state index contributed by atoms with van der Waals surface area (Å²) < 4.78 is 4.79. The minimum Gasteiger partial charge on any atom is -0.338 e. The van der Waals surface area contributed by atoms with Gasteiger partial charge in [0.05, 0.1) is 10.1 Å². The van der Waals surface area contributed by atoms with E-state index in [-0.39, 0.29) is 0 Å². The van der Waals surface area contributed by atoms with Crippen LogP contribution in [0.3, 0.4) is 0 Å². The average molecular weight is 437 g/mol. The van der Waals surface area contributed by atoms with Gasteiger partial charge in [-0.25, -0.2) is 0 Å². The Kier molecular flexibility index (Phi) is 6.84. The van der Waals surface area contributed by atoms with Gasteiger partial charge in [-0.3, -0.25) is 0 Å². The van der Waals surface area contributed by atoms with Gasteiger partial charge in [0, 0.05) is 35.9 Å². The highest BCUT2D eigenvalue weighted by Gasteiger charge is 2.19. The Labute approximate surface area is 188 Å². The summed E-state index contributed by atoms with van der Waals surface area (Å²) in [5.74, 6) is 0. The molecule has 2 heterocycles. The largest absolute Gasteiger partial charge is 0.338 e. The number of rotatable bonds is 9. The van der Waals surface area contributed by atoms with Crippen LogP contribution in [0.15, 0.2) is 58.6 Å². The molecule has 4 rings (SSSR count). The van der Waals surface area contributed by atoms with E-state index in [0.29, 0.717) is 0 Å². The van der Waals surface area contributed by atoms with Crippen molar-refractivity contribution < 1.29 is 0 Å². The van der Waals surface area contributed by atoms with Crippen molar-refractivity contribution in [3.05, 3.63) is 59.7 Å². The zero-order valence-corrected chi connectivity index (χ0v) is 20.2. The molecule has 158 valence electrons. The Balaban J connectivity index is 1.73. The molecule has 0 bridgehead atoms. The molecule has 30 heavy (non-hydrogen) atoms. The highest BCUT2D eigenvalue weighted by molar-refractivity contribution is 8.76. The average Bonchev–Trinajstić information content (AvgIpc) is 3.20. The molecule has 0 atom stereocenters. The van der Waals surface area contributed by atoms with Crippen LogP contribution >= 0.6 is 21.6 Å². The quantitative estimate of drug-likeness (QED) is 0.245. The van der Waals surface area contributed by atoms with Crippen LogP contribution in [-0.4, -0.2) is 9.13 Å². The Morgan fingerprint density at radius 1 is 0.633 bits per heavy atom. The summed E-state index contributed by atoms with van der Waals surface area (Å²) in [4.78, 5) is 0. The van der Waals surface area contributed by atoms with Crippen LogP contribution in [0.1, 0.15) is 50.7 Å². The fraction of sp³-hybridized carbons (Fsp3) is 0.385. The van der Waals surface area contributed by atoms with Crippen LogP contribution in [-0.2, 0) is 26.9 Å². The summed E-state index contributed by atoms with van der Waals surface area (Å²) in [5.41, 5.74) is 5.72. The number of hydrogen-bond donors (Lipinski definition) is 0. The first-order valence-electron chi connectivity index (χ1n) is 11.1. The number of aryl methyl sites for hydroxylation is 4. The third-order valence-corrected chi connectivity index (χ3v) is 8.70. The molecule has 0 aliphatic carbocycles. The lowest BCUT2D eigenvalue weighted by Crippen LogP contribution is -1.94. The van der Waals surface area contributed by atoms with Gasteiger partial charge in [0.1, 0.15) is 0 Å². The maximum atomic E-state index is 2.40. The van der Waals surface area contributed by atoms with Crippen LogP contribution in [0.4, 0.5) is 0 Å². The fourth-order valence-corrected chi connectivity index (χ4v) is 7.33. The van der Waals surface area contributed by atoms with Gasteiger partial charge < -0.3 is 9.13 Å². The molecule has 0 aliphatic rings. The second-order valence-electron chi connectivity index (χ2n) is 8.09. The number of aromatic nitrogens is 2. The molecule has 0 fully saturated rings. The van der Waals surface area contributed by atoms with E-state index in [1.165, 1.54) is 68.7 Å². The number of benzene rings is 2. The van der Waals surface area contributed by atoms with Crippen LogP contribution in [0, 0.1) is 0 Å². The topological polar surface area (TPSA) is 9.86 Å². The van der Waals surface area contributed by atoms with Crippen LogP contribution in [0.5, 0.6) is 0 Å². The second-order valence-corrected chi connectivity index (χ2v) is 10.2. The van der Waals surface area contributed by atoms with Gasteiger partial charge in [0.25, 0.3) is 0 Å². The molecule has 2 aromatic carbocycles. The van der Waals surface area contributed by atoms with Gasteiger partial charge in [0.15, 0.2) is 0 Å². The Bertz CT molecular complexity index is 1060. The lowest BCUT2D eigenvalue weighted by Gasteiger charge is -2.10. The maximum absolute atomic E-state index is 2.40. The molecule has 4 aromatic rings. The van der Waals surface area contributed by atoms with Crippen molar-refractivity contribution in [1.29, 1.82) is 0 Å². The van der Waals surface area contributed by atoms with Gasteiger partial charge in [0.2, 0.25) is 0 Å². The van der Waals surface area contributed by atoms with E-state index in [9.17, 15) is 0 Å². The van der Waals surface area contributed by atoms with Crippen molar-refractivity contribution in [3.63, 3.8) is 0 Å². The first-order valence-corrected chi connectivity index (χ1v) is 13.3. The van der Waals surface area contributed by atoms with E-state index in [1.54, 1.807) is 0 Å². The fourth-order valence-electron chi connectivity index (χ4n) is 4.38. The smallest absolute Gasteiger partial charge is 0.0900 e. The standard InChI is InChI=1S/C26H32N2S2/c1-5-7-13-21-19-15-9-11-17-23(19)27(3)25(21)29-30-26-22(14-8-6-2)20-16-10-12-18-24(20)28(26)4/h9-12,15-18H,5-8,13-14H2,1-4H3. The molecule has 0 saturated carbocycles. The van der Waals surface area contributed by atoms with Gasteiger partial charge in [-0.1, -0.05) is 63.1 Å². The summed E-state index contributed by atoms with van der Waals surface area (Å²) in [7, 11) is 8.32. The van der Waals surface area contributed by atoms with Gasteiger partial charge >= 0.3 is 0 Å². The van der Waals surface area contributed by atoms with E-state index in [1.807, 2.05) is 21.6 Å². The number of unbranched alkanes of at least 4 members (excludes halogenated alkanes) is 2. The van der Waals surface area contributed by atoms with Crippen LogP contribution < -0.4 is 0 Å². The second kappa shape index (κ2) is 9.57. The van der Waals surface area contributed by atoms with E-state index < -0.39 is 0 Å². The van der Waals surface area contributed by atoms with E-state index in [4.69, 9.17) is 0 Å². The van der Waals surface area contributed by atoms with Crippen molar-refractivity contribution in [1.82, 2.24) is 9.13 Å². The Hall–Kier alpha value is -1.78. The predicted octanol–water partition coefficient (Wildman–Crippen LogP) is 8.15. The Morgan fingerprint density at radius 3 is 1.43 bits per heavy atom. The molecule has 2 aromatic heterocycles. The number of hydrogen-bond acceptors (Lipinski definition) is 2. The molecule has 4 heteroatoms. The third kappa shape index (κ3) is 3.92. The molecule has 0 radical (unpaired) electrons. The number of fused-ring (bicyclic) bond motifs is 2. The molecular formula is C26H32N2S2. The zero-order chi connectivity index (χ0) is 21.1. The van der Waals surface area contributed by atoms with Crippen molar-refractivity contribution in [2.45, 2.75) is 62.4 Å². The lowest BCUT2D eigenvalue weighted by atomic mass is 10.1. The summed E-state index contributed by atoms with van der Waals surface area (Å²) in [6.07, 6.45) is 7.23.